The fourth-order valence-corrected chi connectivity index (χ4v) is 3.87. The van der Waals surface area contributed by atoms with Crippen LogP contribution in [0.4, 0.5) is 13.2 Å². The molecule has 1 aliphatic carbocycles. The standard InChI is InChI=1S/C21H28F3N5/c1-14-12-15(2)29(28-14)19-7-5-4-6-16(19)13-26-20(25-3)27-18-10-8-17(9-11-18)21(22,23)24/h4-7,12,17-18H,8-11,13H2,1-3H3,(H2,25,26,27). The molecule has 1 aromatic heterocycles. The number of aryl methyl sites for hydroxylation is 2. The van der Waals surface area contributed by atoms with E-state index in [4.69, 9.17) is 0 Å². The van der Waals surface area contributed by atoms with E-state index in [1.54, 1.807) is 7.05 Å². The van der Waals surface area contributed by atoms with E-state index < -0.39 is 12.1 Å². The minimum absolute atomic E-state index is 0.00560. The average Bonchev–Trinajstić information content (AvgIpc) is 3.03. The van der Waals surface area contributed by atoms with Crippen LogP contribution in [0.2, 0.25) is 0 Å². The first-order chi connectivity index (χ1) is 13.8. The lowest BCUT2D eigenvalue weighted by Crippen LogP contribution is -2.45. The number of nitrogens with zero attached hydrogens (tertiary/aromatic N) is 3. The van der Waals surface area contributed by atoms with Crippen LogP contribution in [-0.4, -0.2) is 35.0 Å². The molecule has 29 heavy (non-hydrogen) atoms. The summed E-state index contributed by atoms with van der Waals surface area (Å²) in [5.74, 6) is -0.577. The highest BCUT2D eigenvalue weighted by Crippen LogP contribution is 2.37. The van der Waals surface area contributed by atoms with Crippen LogP contribution >= 0.6 is 0 Å². The van der Waals surface area contributed by atoms with Gasteiger partial charge < -0.3 is 10.6 Å². The van der Waals surface area contributed by atoms with Crippen molar-refractivity contribution < 1.29 is 13.2 Å². The van der Waals surface area contributed by atoms with Crippen LogP contribution in [-0.2, 0) is 6.54 Å². The molecule has 0 bridgehead atoms. The molecule has 0 unspecified atom stereocenters. The molecule has 1 aromatic carbocycles. The van der Waals surface area contributed by atoms with Crippen LogP contribution < -0.4 is 10.6 Å². The maximum atomic E-state index is 12.8. The van der Waals surface area contributed by atoms with Crippen molar-refractivity contribution in [3.05, 3.63) is 47.3 Å². The Kier molecular flexibility index (Phi) is 6.49. The molecule has 5 nitrogen and oxygen atoms in total. The summed E-state index contributed by atoms with van der Waals surface area (Å²) in [5.41, 5.74) is 4.06. The van der Waals surface area contributed by atoms with E-state index in [1.165, 1.54) is 0 Å². The Bertz CT molecular complexity index is 848. The molecular weight excluding hydrogens is 379 g/mol. The molecular formula is C21H28F3N5. The molecule has 0 radical (unpaired) electrons. The maximum Gasteiger partial charge on any atom is 0.391 e. The predicted molar refractivity (Wildman–Crippen MR) is 108 cm³/mol. The molecule has 0 spiro atoms. The first-order valence-electron chi connectivity index (χ1n) is 9.93. The molecule has 0 aliphatic heterocycles. The molecule has 1 heterocycles. The molecule has 1 saturated carbocycles. The normalized spacial score (nSPS) is 20.6. The van der Waals surface area contributed by atoms with Gasteiger partial charge in [0.2, 0.25) is 0 Å². The van der Waals surface area contributed by atoms with Gasteiger partial charge in [0.15, 0.2) is 5.96 Å². The molecule has 8 heteroatoms. The molecule has 0 atom stereocenters. The number of guanidine groups is 1. The molecule has 0 saturated heterocycles. The van der Waals surface area contributed by atoms with Crippen LogP contribution in [0.15, 0.2) is 35.3 Å². The van der Waals surface area contributed by atoms with E-state index in [0.717, 1.165) is 22.6 Å². The largest absolute Gasteiger partial charge is 0.391 e. The lowest BCUT2D eigenvalue weighted by molar-refractivity contribution is -0.182. The second kappa shape index (κ2) is 8.88. The Morgan fingerprint density at radius 2 is 1.86 bits per heavy atom. The van der Waals surface area contributed by atoms with E-state index in [2.05, 4.69) is 20.7 Å². The highest BCUT2D eigenvalue weighted by Gasteiger charge is 2.41. The molecule has 1 aliphatic rings. The zero-order valence-corrected chi connectivity index (χ0v) is 17.1. The van der Waals surface area contributed by atoms with Gasteiger partial charge in [-0.1, -0.05) is 18.2 Å². The Balaban J connectivity index is 1.61. The van der Waals surface area contributed by atoms with Crippen molar-refractivity contribution in [1.29, 1.82) is 0 Å². The Morgan fingerprint density at radius 1 is 1.17 bits per heavy atom. The van der Waals surface area contributed by atoms with Gasteiger partial charge in [-0.25, -0.2) is 4.68 Å². The lowest BCUT2D eigenvalue weighted by atomic mass is 9.85. The zero-order chi connectivity index (χ0) is 21.0. The summed E-state index contributed by atoms with van der Waals surface area (Å²) >= 11 is 0. The fourth-order valence-electron chi connectivity index (χ4n) is 3.87. The maximum absolute atomic E-state index is 12.8. The first-order valence-corrected chi connectivity index (χ1v) is 9.93. The van der Waals surface area contributed by atoms with Gasteiger partial charge in [-0.2, -0.15) is 18.3 Å². The van der Waals surface area contributed by atoms with E-state index in [-0.39, 0.29) is 18.9 Å². The quantitative estimate of drug-likeness (QED) is 0.588. The summed E-state index contributed by atoms with van der Waals surface area (Å²) in [7, 11) is 1.67. The molecule has 0 amide bonds. The minimum Gasteiger partial charge on any atom is -0.354 e. The van der Waals surface area contributed by atoms with E-state index in [0.29, 0.717) is 25.3 Å². The highest BCUT2D eigenvalue weighted by molar-refractivity contribution is 5.80. The van der Waals surface area contributed by atoms with Crippen molar-refractivity contribution in [2.75, 3.05) is 7.05 Å². The van der Waals surface area contributed by atoms with Crippen molar-refractivity contribution in [2.45, 2.75) is 58.3 Å². The monoisotopic (exact) mass is 407 g/mol. The molecule has 2 aromatic rings. The van der Waals surface area contributed by atoms with Crippen LogP contribution in [0.5, 0.6) is 0 Å². The van der Waals surface area contributed by atoms with Gasteiger partial charge in [0, 0.05) is 25.3 Å². The van der Waals surface area contributed by atoms with E-state index >= 15 is 0 Å². The molecule has 1 fully saturated rings. The smallest absolute Gasteiger partial charge is 0.354 e. The second-order valence-electron chi connectivity index (χ2n) is 7.63. The van der Waals surface area contributed by atoms with Gasteiger partial charge in [-0.3, -0.25) is 4.99 Å². The number of hydrogen-bond acceptors (Lipinski definition) is 2. The number of nitrogens with one attached hydrogen (secondary N) is 2. The topological polar surface area (TPSA) is 54.2 Å². The SMILES string of the molecule is CN=C(NCc1ccccc1-n1nc(C)cc1C)NC1CCC(C(F)(F)F)CC1. The van der Waals surface area contributed by atoms with Crippen LogP contribution in [0.25, 0.3) is 5.69 Å². The number of alkyl halides is 3. The van der Waals surface area contributed by atoms with Crippen molar-refractivity contribution in [2.24, 2.45) is 10.9 Å². The number of aromatic nitrogens is 2. The highest BCUT2D eigenvalue weighted by atomic mass is 19.4. The number of rotatable bonds is 4. The lowest BCUT2D eigenvalue weighted by Gasteiger charge is -2.31. The molecule has 3 rings (SSSR count). The van der Waals surface area contributed by atoms with Gasteiger partial charge in [-0.05, 0) is 57.2 Å². The van der Waals surface area contributed by atoms with E-state index in [9.17, 15) is 13.2 Å². The predicted octanol–water partition coefficient (Wildman–Crippen LogP) is 4.28. The number of hydrogen-bond donors (Lipinski definition) is 2. The number of halogens is 3. The second-order valence-corrected chi connectivity index (χ2v) is 7.63. The molecule has 2 N–H and O–H groups in total. The van der Waals surface area contributed by atoms with Gasteiger partial charge in [0.1, 0.15) is 0 Å². The van der Waals surface area contributed by atoms with Crippen molar-refractivity contribution in [3.8, 4) is 5.69 Å². The summed E-state index contributed by atoms with van der Waals surface area (Å²) in [6.07, 6.45) is -2.77. The Hall–Kier alpha value is -2.51. The van der Waals surface area contributed by atoms with Crippen molar-refractivity contribution in [1.82, 2.24) is 20.4 Å². The van der Waals surface area contributed by atoms with Crippen molar-refractivity contribution >= 4 is 5.96 Å². The van der Waals surface area contributed by atoms with Crippen LogP contribution in [0.3, 0.4) is 0 Å². The first kappa shape index (κ1) is 21.2. The number of benzene rings is 1. The number of para-hydroxylation sites is 1. The van der Waals surface area contributed by atoms with Crippen LogP contribution in [0.1, 0.15) is 42.6 Å². The minimum atomic E-state index is -4.09. The summed E-state index contributed by atoms with van der Waals surface area (Å²) < 4.78 is 40.5. The van der Waals surface area contributed by atoms with Gasteiger partial charge in [-0.15, -0.1) is 0 Å². The summed E-state index contributed by atoms with van der Waals surface area (Å²) in [6.45, 7) is 4.51. The summed E-state index contributed by atoms with van der Waals surface area (Å²) in [5, 5.41) is 11.1. The van der Waals surface area contributed by atoms with E-state index in [1.807, 2.05) is 48.9 Å². The average molecular weight is 407 g/mol. The number of aliphatic imine (C=N–C) groups is 1. The fraction of sp³-hybridized carbons (Fsp3) is 0.524. The zero-order valence-electron chi connectivity index (χ0n) is 17.1. The Morgan fingerprint density at radius 3 is 2.45 bits per heavy atom. The van der Waals surface area contributed by atoms with Crippen LogP contribution in [0, 0.1) is 19.8 Å². The summed E-state index contributed by atoms with van der Waals surface area (Å²) in [4.78, 5) is 4.24. The third kappa shape index (κ3) is 5.31. The van der Waals surface area contributed by atoms with Crippen molar-refractivity contribution in [3.63, 3.8) is 0 Å². The van der Waals surface area contributed by atoms with Gasteiger partial charge >= 0.3 is 6.18 Å². The summed E-state index contributed by atoms with van der Waals surface area (Å²) in [6, 6.07) is 10.0. The van der Waals surface area contributed by atoms with Gasteiger partial charge in [0.05, 0.1) is 17.3 Å². The molecule has 158 valence electrons. The third-order valence-corrected chi connectivity index (χ3v) is 5.43. The third-order valence-electron chi connectivity index (χ3n) is 5.43. The Labute approximate surface area is 169 Å². The van der Waals surface area contributed by atoms with Gasteiger partial charge in [0.25, 0.3) is 0 Å².